The fourth-order valence-corrected chi connectivity index (χ4v) is 5.06. The first-order chi connectivity index (χ1) is 11.0. The van der Waals surface area contributed by atoms with Crippen LogP contribution < -0.4 is 0 Å². The molecule has 0 aliphatic carbocycles. The van der Waals surface area contributed by atoms with Crippen molar-refractivity contribution < 1.29 is 18.3 Å². The molecule has 2 aromatic rings. The van der Waals surface area contributed by atoms with Gasteiger partial charge in [-0.1, -0.05) is 12.1 Å². The number of sulfonamides is 1. The first-order valence-corrected chi connectivity index (χ1v) is 9.42. The van der Waals surface area contributed by atoms with Gasteiger partial charge in [0, 0.05) is 31.7 Å². The van der Waals surface area contributed by atoms with Crippen LogP contribution in [0.1, 0.15) is 10.4 Å². The quantitative estimate of drug-likeness (QED) is 0.910. The van der Waals surface area contributed by atoms with Crippen LogP contribution in [0, 0.1) is 0 Å². The van der Waals surface area contributed by atoms with Crippen LogP contribution in [0.5, 0.6) is 5.75 Å². The lowest BCUT2D eigenvalue weighted by atomic mass is 10.2. The summed E-state index contributed by atoms with van der Waals surface area (Å²) in [6.45, 7) is 1.20. The number of carbonyl (C=O) groups is 1. The van der Waals surface area contributed by atoms with E-state index in [1.165, 1.54) is 27.8 Å². The van der Waals surface area contributed by atoms with Gasteiger partial charge in [0.25, 0.3) is 15.9 Å². The fourth-order valence-electron chi connectivity index (χ4n) is 2.49. The minimum Gasteiger partial charge on any atom is -0.508 e. The summed E-state index contributed by atoms with van der Waals surface area (Å²) >= 11 is 1.19. The zero-order valence-electron chi connectivity index (χ0n) is 12.3. The molecule has 0 bridgehead atoms. The molecule has 1 aliphatic rings. The molecule has 1 saturated heterocycles. The zero-order valence-corrected chi connectivity index (χ0v) is 13.9. The second-order valence-corrected chi connectivity index (χ2v) is 8.29. The van der Waals surface area contributed by atoms with Gasteiger partial charge in [0.2, 0.25) is 0 Å². The number of nitrogens with zero attached hydrogens (tertiary/aromatic N) is 2. The monoisotopic (exact) mass is 352 g/mol. The molecule has 8 heteroatoms. The van der Waals surface area contributed by atoms with Crippen molar-refractivity contribution in [1.29, 1.82) is 0 Å². The van der Waals surface area contributed by atoms with Crippen LogP contribution in [0.2, 0.25) is 0 Å². The van der Waals surface area contributed by atoms with Crippen LogP contribution in [-0.4, -0.2) is 54.8 Å². The molecular formula is C15H16N2O4S2. The number of hydrogen-bond donors (Lipinski definition) is 1. The van der Waals surface area contributed by atoms with Gasteiger partial charge in [0.1, 0.15) is 9.96 Å². The molecule has 6 nitrogen and oxygen atoms in total. The van der Waals surface area contributed by atoms with E-state index < -0.39 is 10.0 Å². The summed E-state index contributed by atoms with van der Waals surface area (Å²) in [6, 6.07) is 9.46. The van der Waals surface area contributed by atoms with Crippen molar-refractivity contribution in [2.24, 2.45) is 0 Å². The Balaban J connectivity index is 1.68. The Kier molecular flexibility index (Phi) is 4.38. The van der Waals surface area contributed by atoms with Crippen LogP contribution in [0.4, 0.5) is 0 Å². The lowest BCUT2D eigenvalue weighted by Crippen LogP contribution is -2.50. The van der Waals surface area contributed by atoms with E-state index in [9.17, 15) is 18.3 Å². The molecular weight excluding hydrogens is 336 g/mol. The van der Waals surface area contributed by atoms with Crippen LogP contribution in [0.25, 0.3) is 0 Å². The van der Waals surface area contributed by atoms with Crippen LogP contribution in [-0.2, 0) is 10.0 Å². The van der Waals surface area contributed by atoms with Crippen LogP contribution in [0.15, 0.2) is 46.0 Å². The highest BCUT2D eigenvalue weighted by Gasteiger charge is 2.30. The number of thiophene rings is 1. The molecule has 122 valence electrons. The minimum absolute atomic E-state index is 0.0368. The van der Waals surface area contributed by atoms with Gasteiger partial charge >= 0.3 is 0 Å². The smallest absolute Gasteiger partial charge is 0.254 e. The first-order valence-electron chi connectivity index (χ1n) is 7.10. The standard InChI is InChI=1S/C15H16N2O4S2/c18-13-4-1-3-12(11-13)15(19)16-6-8-17(9-7-16)23(20,21)14-5-2-10-22-14/h1-5,10-11,18H,6-9H2. The topological polar surface area (TPSA) is 77.9 Å². The number of benzene rings is 1. The summed E-state index contributed by atoms with van der Waals surface area (Å²) in [6.07, 6.45) is 0. The molecule has 23 heavy (non-hydrogen) atoms. The van der Waals surface area contributed by atoms with E-state index in [2.05, 4.69) is 0 Å². The minimum atomic E-state index is -3.47. The third-order valence-electron chi connectivity index (χ3n) is 3.71. The number of piperazine rings is 1. The number of phenolic OH excluding ortho intramolecular Hbond substituents is 1. The third kappa shape index (κ3) is 3.24. The number of hydrogen-bond acceptors (Lipinski definition) is 5. The highest BCUT2D eigenvalue weighted by molar-refractivity contribution is 7.91. The van der Waals surface area contributed by atoms with E-state index >= 15 is 0 Å². The van der Waals surface area contributed by atoms with Crippen LogP contribution in [0.3, 0.4) is 0 Å². The summed E-state index contributed by atoms with van der Waals surface area (Å²) in [5.41, 5.74) is 0.402. The van der Waals surface area contributed by atoms with Crippen molar-refractivity contribution >= 4 is 27.3 Å². The van der Waals surface area contributed by atoms with Gasteiger partial charge in [-0.2, -0.15) is 4.31 Å². The normalized spacial score (nSPS) is 16.4. The molecule has 1 N–H and O–H groups in total. The Labute approximate surface area is 138 Å². The van der Waals surface area contributed by atoms with Crippen molar-refractivity contribution in [3.8, 4) is 5.75 Å². The Hall–Kier alpha value is -1.90. The lowest BCUT2D eigenvalue weighted by molar-refractivity contribution is 0.0697. The summed E-state index contributed by atoms with van der Waals surface area (Å²) in [4.78, 5) is 14.0. The summed E-state index contributed by atoms with van der Waals surface area (Å²) < 4.78 is 26.6. The van der Waals surface area contributed by atoms with Gasteiger partial charge < -0.3 is 10.0 Å². The van der Waals surface area contributed by atoms with Gasteiger partial charge in [-0.3, -0.25) is 4.79 Å². The maximum Gasteiger partial charge on any atom is 0.254 e. The average Bonchev–Trinajstić information content (AvgIpc) is 3.09. The van der Waals surface area contributed by atoms with Crippen LogP contribution >= 0.6 is 11.3 Å². The predicted molar refractivity (Wildman–Crippen MR) is 87.1 cm³/mol. The molecule has 1 amide bonds. The summed E-state index contributed by atoms with van der Waals surface area (Å²) in [7, 11) is -3.47. The molecule has 1 aliphatic heterocycles. The second-order valence-electron chi connectivity index (χ2n) is 5.18. The molecule has 2 heterocycles. The molecule has 1 fully saturated rings. The van der Waals surface area contributed by atoms with Gasteiger partial charge in [-0.05, 0) is 29.6 Å². The average molecular weight is 352 g/mol. The van der Waals surface area contributed by atoms with Crippen molar-refractivity contribution in [2.75, 3.05) is 26.2 Å². The SMILES string of the molecule is O=C(c1cccc(O)c1)N1CCN(S(=O)(=O)c2cccs2)CC1. The molecule has 0 radical (unpaired) electrons. The lowest BCUT2D eigenvalue weighted by Gasteiger charge is -2.33. The van der Waals surface area contributed by atoms with E-state index in [4.69, 9.17) is 0 Å². The molecule has 0 saturated carbocycles. The zero-order chi connectivity index (χ0) is 16.4. The van der Waals surface area contributed by atoms with E-state index in [0.717, 1.165) is 0 Å². The number of aromatic hydroxyl groups is 1. The molecule has 1 aromatic heterocycles. The molecule has 1 aromatic carbocycles. The van der Waals surface area contributed by atoms with Crippen molar-refractivity contribution in [1.82, 2.24) is 9.21 Å². The molecule has 0 spiro atoms. The van der Waals surface area contributed by atoms with E-state index in [-0.39, 0.29) is 24.7 Å². The highest BCUT2D eigenvalue weighted by atomic mass is 32.2. The molecule has 0 unspecified atom stereocenters. The van der Waals surface area contributed by atoms with Crippen molar-refractivity contribution in [3.05, 3.63) is 47.3 Å². The second kappa shape index (κ2) is 6.31. The van der Waals surface area contributed by atoms with E-state index in [0.29, 0.717) is 22.9 Å². The first kappa shape index (κ1) is 16.0. The van der Waals surface area contributed by atoms with E-state index in [1.807, 2.05) is 0 Å². The summed E-state index contributed by atoms with van der Waals surface area (Å²) in [5, 5.41) is 11.2. The number of amides is 1. The highest BCUT2D eigenvalue weighted by Crippen LogP contribution is 2.22. The number of rotatable bonds is 3. The molecule has 0 atom stereocenters. The Bertz CT molecular complexity index is 795. The van der Waals surface area contributed by atoms with Crippen molar-refractivity contribution in [3.63, 3.8) is 0 Å². The third-order valence-corrected chi connectivity index (χ3v) is 6.98. The van der Waals surface area contributed by atoms with Gasteiger partial charge in [0.05, 0.1) is 0 Å². The number of phenols is 1. The Morgan fingerprint density at radius 3 is 2.43 bits per heavy atom. The van der Waals surface area contributed by atoms with Gasteiger partial charge in [-0.15, -0.1) is 11.3 Å². The number of carbonyl (C=O) groups excluding carboxylic acids is 1. The maximum absolute atomic E-state index is 12.4. The predicted octanol–water partition coefficient (Wildman–Crippen LogP) is 1.60. The van der Waals surface area contributed by atoms with Gasteiger partial charge in [-0.25, -0.2) is 8.42 Å². The molecule has 3 rings (SSSR count). The fraction of sp³-hybridized carbons (Fsp3) is 0.267. The van der Waals surface area contributed by atoms with Crippen molar-refractivity contribution in [2.45, 2.75) is 4.21 Å². The maximum atomic E-state index is 12.4. The van der Waals surface area contributed by atoms with Gasteiger partial charge in [0.15, 0.2) is 0 Å². The summed E-state index contributed by atoms with van der Waals surface area (Å²) in [5.74, 6) is -0.163. The van der Waals surface area contributed by atoms with E-state index in [1.54, 1.807) is 34.5 Å². The Morgan fingerprint density at radius 2 is 1.83 bits per heavy atom. The Morgan fingerprint density at radius 1 is 1.09 bits per heavy atom. The largest absolute Gasteiger partial charge is 0.508 e.